The standard InChI is InChI=1S/C14H17NO3/c1-9-10(2)14(18)15(13(9)17)7-11-4-3-5-12(6-11)8-16/h3-6,9-10,16H,7-8H2,1-2H3. The quantitative estimate of drug-likeness (QED) is 0.819. The molecule has 0 spiro atoms. The third-order valence-corrected chi connectivity index (χ3v) is 3.58. The number of nitrogens with zero attached hydrogens (tertiary/aromatic N) is 1. The van der Waals surface area contributed by atoms with E-state index in [-0.39, 0.29) is 30.3 Å². The van der Waals surface area contributed by atoms with Crippen LogP contribution in [0.15, 0.2) is 24.3 Å². The molecule has 1 heterocycles. The summed E-state index contributed by atoms with van der Waals surface area (Å²) in [6, 6.07) is 7.29. The summed E-state index contributed by atoms with van der Waals surface area (Å²) in [7, 11) is 0. The smallest absolute Gasteiger partial charge is 0.233 e. The van der Waals surface area contributed by atoms with Gasteiger partial charge in [-0.1, -0.05) is 38.1 Å². The molecule has 1 aromatic rings. The average molecular weight is 247 g/mol. The van der Waals surface area contributed by atoms with E-state index in [0.29, 0.717) is 6.54 Å². The van der Waals surface area contributed by atoms with E-state index in [1.54, 1.807) is 13.8 Å². The summed E-state index contributed by atoms with van der Waals surface area (Å²) < 4.78 is 0. The lowest BCUT2D eigenvalue weighted by Gasteiger charge is -2.15. The second-order valence-electron chi connectivity index (χ2n) is 4.82. The van der Waals surface area contributed by atoms with E-state index >= 15 is 0 Å². The lowest BCUT2D eigenvalue weighted by Crippen LogP contribution is -2.30. The predicted molar refractivity (Wildman–Crippen MR) is 66.2 cm³/mol. The molecule has 0 bridgehead atoms. The van der Waals surface area contributed by atoms with Crippen LogP contribution in [0.3, 0.4) is 0 Å². The van der Waals surface area contributed by atoms with Crippen molar-refractivity contribution in [1.82, 2.24) is 4.90 Å². The van der Waals surface area contributed by atoms with Crippen molar-refractivity contribution in [3.8, 4) is 0 Å². The van der Waals surface area contributed by atoms with Crippen LogP contribution in [-0.2, 0) is 22.7 Å². The average Bonchev–Trinajstić information content (AvgIpc) is 2.57. The largest absolute Gasteiger partial charge is 0.392 e. The Hall–Kier alpha value is -1.68. The minimum atomic E-state index is -0.237. The zero-order chi connectivity index (χ0) is 13.3. The molecular formula is C14H17NO3. The predicted octanol–water partition coefficient (Wildman–Crippen LogP) is 1.32. The number of aliphatic hydroxyl groups excluding tert-OH is 1. The van der Waals surface area contributed by atoms with Gasteiger partial charge in [-0.2, -0.15) is 0 Å². The molecule has 96 valence electrons. The van der Waals surface area contributed by atoms with Gasteiger partial charge >= 0.3 is 0 Å². The first kappa shape index (κ1) is 12.8. The van der Waals surface area contributed by atoms with E-state index < -0.39 is 0 Å². The maximum absolute atomic E-state index is 11.9. The van der Waals surface area contributed by atoms with Crippen LogP contribution in [0.5, 0.6) is 0 Å². The molecule has 4 nitrogen and oxygen atoms in total. The van der Waals surface area contributed by atoms with Gasteiger partial charge in [0, 0.05) is 11.8 Å². The van der Waals surface area contributed by atoms with E-state index in [0.717, 1.165) is 11.1 Å². The van der Waals surface area contributed by atoms with E-state index in [4.69, 9.17) is 5.11 Å². The third-order valence-electron chi connectivity index (χ3n) is 3.58. The second-order valence-corrected chi connectivity index (χ2v) is 4.82. The van der Waals surface area contributed by atoms with Gasteiger partial charge in [0.15, 0.2) is 0 Å². The Kier molecular flexibility index (Phi) is 3.48. The zero-order valence-electron chi connectivity index (χ0n) is 10.6. The van der Waals surface area contributed by atoms with Gasteiger partial charge in [-0.05, 0) is 11.1 Å². The van der Waals surface area contributed by atoms with Gasteiger partial charge in [-0.25, -0.2) is 0 Å². The topological polar surface area (TPSA) is 57.6 Å². The Morgan fingerprint density at radius 1 is 1.11 bits per heavy atom. The zero-order valence-corrected chi connectivity index (χ0v) is 10.6. The molecule has 1 aromatic carbocycles. The summed E-state index contributed by atoms with van der Waals surface area (Å²) in [4.78, 5) is 25.2. The van der Waals surface area contributed by atoms with Crippen LogP contribution in [0.25, 0.3) is 0 Å². The minimum Gasteiger partial charge on any atom is -0.392 e. The molecule has 1 saturated heterocycles. The molecule has 0 saturated carbocycles. The third kappa shape index (κ3) is 2.16. The molecule has 0 aliphatic carbocycles. The van der Waals surface area contributed by atoms with Crippen molar-refractivity contribution in [2.45, 2.75) is 27.0 Å². The Morgan fingerprint density at radius 3 is 2.22 bits per heavy atom. The highest BCUT2D eigenvalue weighted by atomic mass is 16.3. The highest BCUT2D eigenvalue weighted by Gasteiger charge is 2.41. The molecule has 1 N–H and O–H groups in total. The van der Waals surface area contributed by atoms with E-state index in [1.807, 2.05) is 24.3 Å². The molecule has 1 fully saturated rings. The molecule has 2 amide bonds. The number of carbonyl (C=O) groups excluding carboxylic acids is 2. The van der Waals surface area contributed by atoms with Crippen LogP contribution in [0, 0.1) is 11.8 Å². The van der Waals surface area contributed by atoms with Gasteiger partial charge in [0.05, 0.1) is 13.2 Å². The Labute approximate surface area is 106 Å². The SMILES string of the molecule is CC1C(=O)N(Cc2cccc(CO)c2)C(=O)C1C. The lowest BCUT2D eigenvalue weighted by molar-refractivity contribution is -0.140. The summed E-state index contributed by atoms with van der Waals surface area (Å²) in [5.41, 5.74) is 1.65. The number of aliphatic hydroxyl groups is 1. The van der Waals surface area contributed by atoms with Crippen molar-refractivity contribution in [3.63, 3.8) is 0 Å². The van der Waals surface area contributed by atoms with E-state index in [1.165, 1.54) is 4.90 Å². The number of hydrogen-bond donors (Lipinski definition) is 1. The van der Waals surface area contributed by atoms with E-state index in [9.17, 15) is 9.59 Å². The Balaban J connectivity index is 2.18. The summed E-state index contributed by atoms with van der Waals surface area (Å²) in [5, 5.41) is 9.06. The first-order valence-corrected chi connectivity index (χ1v) is 6.08. The van der Waals surface area contributed by atoms with Gasteiger partial charge in [0.25, 0.3) is 0 Å². The summed E-state index contributed by atoms with van der Waals surface area (Å²) in [6.07, 6.45) is 0. The van der Waals surface area contributed by atoms with Crippen molar-refractivity contribution >= 4 is 11.8 Å². The molecule has 18 heavy (non-hydrogen) atoms. The second kappa shape index (κ2) is 4.90. The fourth-order valence-corrected chi connectivity index (χ4v) is 2.19. The fraction of sp³-hybridized carbons (Fsp3) is 0.429. The van der Waals surface area contributed by atoms with Gasteiger partial charge in [0.1, 0.15) is 0 Å². The normalized spacial score (nSPS) is 23.8. The molecular weight excluding hydrogens is 230 g/mol. The van der Waals surface area contributed by atoms with Gasteiger partial charge in [0.2, 0.25) is 11.8 Å². The highest BCUT2D eigenvalue weighted by Crippen LogP contribution is 2.26. The highest BCUT2D eigenvalue weighted by molar-refractivity contribution is 6.04. The maximum atomic E-state index is 11.9. The molecule has 2 unspecified atom stereocenters. The van der Waals surface area contributed by atoms with Crippen LogP contribution in [0.4, 0.5) is 0 Å². The number of hydrogen-bond acceptors (Lipinski definition) is 3. The Morgan fingerprint density at radius 2 is 1.67 bits per heavy atom. The van der Waals surface area contributed by atoms with Crippen LogP contribution < -0.4 is 0 Å². The number of amides is 2. The van der Waals surface area contributed by atoms with Crippen molar-refractivity contribution in [1.29, 1.82) is 0 Å². The van der Waals surface area contributed by atoms with E-state index in [2.05, 4.69) is 0 Å². The van der Waals surface area contributed by atoms with Crippen molar-refractivity contribution in [2.24, 2.45) is 11.8 Å². The van der Waals surface area contributed by atoms with Crippen molar-refractivity contribution in [2.75, 3.05) is 0 Å². The van der Waals surface area contributed by atoms with Crippen LogP contribution >= 0.6 is 0 Å². The van der Waals surface area contributed by atoms with Crippen LogP contribution in [0.1, 0.15) is 25.0 Å². The molecule has 1 aliphatic rings. The summed E-state index contributed by atoms with van der Waals surface area (Å²) in [5.74, 6) is -0.694. The van der Waals surface area contributed by atoms with Crippen LogP contribution in [-0.4, -0.2) is 21.8 Å². The number of imide groups is 1. The van der Waals surface area contributed by atoms with Gasteiger partial charge in [-0.15, -0.1) is 0 Å². The molecule has 2 atom stereocenters. The number of rotatable bonds is 3. The molecule has 1 aliphatic heterocycles. The minimum absolute atomic E-state index is 0.0391. The lowest BCUT2D eigenvalue weighted by atomic mass is 10.00. The first-order chi connectivity index (χ1) is 8.54. The molecule has 4 heteroatoms. The van der Waals surface area contributed by atoms with Gasteiger partial charge in [-0.3, -0.25) is 14.5 Å². The summed E-state index contributed by atoms with van der Waals surface area (Å²) in [6.45, 7) is 3.83. The Bertz CT molecular complexity index is 464. The fourth-order valence-electron chi connectivity index (χ4n) is 2.19. The van der Waals surface area contributed by atoms with Crippen molar-refractivity contribution in [3.05, 3.63) is 35.4 Å². The molecule has 0 radical (unpaired) electrons. The molecule has 2 rings (SSSR count). The first-order valence-electron chi connectivity index (χ1n) is 6.08. The molecule has 0 aromatic heterocycles. The van der Waals surface area contributed by atoms with Crippen molar-refractivity contribution < 1.29 is 14.7 Å². The number of carbonyl (C=O) groups is 2. The van der Waals surface area contributed by atoms with Crippen LogP contribution in [0.2, 0.25) is 0 Å². The number of benzene rings is 1. The maximum Gasteiger partial charge on any atom is 0.233 e. The van der Waals surface area contributed by atoms with Gasteiger partial charge < -0.3 is 5.11 Å². The number of likely N-dealkylation sites (tertiary alicyclic amines) is 1. The monoisotopic (exact) mass is 247 g/mol. The summed E-state index contributed by atoms with van der Waals surface area (Å²) >= 11 is 0.